The second kappa shape index (κ2) is 13.7. The summed E-state index contributed by atoms with van der Waals surface area (Å²) in [6, 6.07) is 34.0. The Hall–Kier alpha value is -4.96. The zero-order valence-electron chi connectivity index (χ0n) is 28.1. The molecule has 4 aromatic rings. The van der Waals surface area contributed by atoms with Gasteiger partial charge in [-0.05, 0) is 59.6 Å². The number of carbonyl (C=O) groups is 4. The van der Waals surface area contributed by atoms with Gasteiger partial charge in [0.25, 0.3) is 23.6 Å². The fraction of sp³-hybridized carbons (Fsp3) is 0.317. The molecule has 9 heteroatoms. The van der Waals surface area contributed by atoms with Crippen LogP contribution in [0.15, 0.2) is 109 Å². The minimum atomic E-state index is -0.538. The van der Waals surface area contributed by atoms with Crippen LogP contribution in [0, 0.1) is 17.3 Å². The molecule has 9 nitrogen and oxygen atoms in total. The van der Waals surface area contributed by atoms with Crippen molar-refractivity contribution in [1.29, 1.82) is 0 Å². The Balaban J connectivity index is 0.000000157. The van der Waals surface area contributed by atoms with E-state index in [1.807, 2.05) is 60.7 Å². The van der Waals surface area contributed by atoms with Crippen LogP contribution in [0.25, 0.3) is 0 Å². The molecule has 2 aliphatic heterocycles. The molecule has 0 saturated heterocycles. The van der Waals surface area contributed by atoms with Crippen LogP contribution >= 0.6 is 0 Å². The van der Waals surface area contributed by atoms with Gasteiger partial charge in [-0.3, -0.25) is 29.0 Å². The van der Waals surface area contributed by atoms with E-state index in [0.717, 1.165) is 24.0 Å². The first kappa shape index (κ1) is 33.5. The second-order valence-corrected chi connectivity index (χ2v) is 14.2. The topological polar surface area (TPSA) is 119 Å². The van der Waals surface area contributed by atoms with Crippen molar-refractivity contribution in [3.05, 3.63) is 143 Å². The Morgan fingerprint density at radius 3 is 1.38 bits per heavy atom. The van der Waals surface area contributed by atoms with Crippen LogP contribution in [0.5, 0.6) is 0 Å². The molecule has 0 bridgehead atoms. The third-order valence-electron chi connectivity index (χ3n) is 10.4. The Morgan fingerprint density at radius 1 is 0.560 bits per heavy atom. The summed E-state index contributed by atoms with van der Waals surface area (Å²) < 4.78 is 11.6. The van der Waals surface area contributed by atoms with Crippen molar-refractivity contribution in [2.45, 2.75) is 38.5 Å². The number of hydrogen-bond donors (Lipinski definition) is 1. The SMILES string of the molecule is C[C@@]1(CN2C(=O)c3ccccc3C2=O)C[C@@H]1COCc1ccccc1.N[C@@]1(CN2C(=O)c3ccccc3C2=O)C[C@@H]1COCc1ccccc1. The quantitative estimate of drug-likeness (QED) is 0.191. The summed E-state index contributed by atoms with van der Waals surface area (Å²) in [6.45, 7) is 5.19. The number of hydrogen-bond acceptors (Lipinski definition) is 7. The molecule has 256 valence electrons. The number of imide groups is 2. The van der Waals surface area contributed by atoms with E-state index in [1.54, 1.807) is 48.5 Å². The molecule has 0 aromatic heterocycles. The predicted molar refractivity (Wildman–Crippen MR) is 187 cm³/mol. The average molecular weight is 672 g/mol. The largest absolute Gasteiger partial charge is 0.376 e. The van der Waals surface area contributed by atoms with Crippen LogP contribution in [0.1, 0.15) is 72.3 Å². The third kappa shape index (κ3) is 6.89. The van der Waals surface area contributed by atoms with E-state index < -0.39 is 5.54 Å². The van der Waals surface area contributed by atoms with Crippen LogP contribution in [0.3, 0.4) is 0 Å². The van der Waals surface area contributed by atoms with E-state index >= 15 is 0 Å². The van der Waals surface area contributed by atoms with Crippen LogP contribution in [0.2, 0.25) is 0 Å². The number of nitrogens with zero attached hydrogens (tertiary/aromatic N) is 2. The highest BCUT2D eigenvalue weighted by molar-refractivity contribution is 6.22. The van der Waals surface area contributed by atoms with Gasteiger partial charge < -0.3 is 15.2 Å². The summed E-state index contributed by atoms with van der Waals surface area (Å²) in [4.78, 5) is 52.5. The molecule has 0 spiro atoms. The summed E-state index contributed by atoms with van der Waals surface area (Å²) in [5.74, 6) is -0.279. The molecule has 2 N–H and O–H groups in total. The predicted octanol–water partition coefficient (Wildman–Crippen LogP) is 5.74. The molecule has 4 aromatic carbocycles. The van der Waals surface area contributed by atoms with Crippen LogP contribution < -0.4 is 5.73 Å². The molecule has 0 radical (unpaired) electrons. The summed E-state index contributed by atoms with van der Waals surface area (Å²) in [7, 11) is 0. The summed E-state index contributed by atoms with van der Waals surface area (Å²) in [5.41, 5.74) is 10.1. The number of carbonyl (C=O) groups excluding carboxylic acids is 4. The lowest BCUT2D eigenvalue weighted by Crippen LogP contribution is -2.44. The van der Waals surface area contributed by atoms with Gasteiger partial charge in [-0.2, -0.15) is 0 Å². The molecule has 2 saturated carbocycles. The maximum atomic E-state index is 12.5. The highest BCUT2D eigenvalue weighted by Crippen LogP contribution is 2.53. The first-order chi connectivity index (χ1) is 24.2. The molecular weight excluding hydrogens is 630 g/mol. The lowest BCUT2D eigenvalue weighted by Gasteiger charge is -2.20. The van der Waals surface area contributed by atoms with Crippen LogP contribution in [0.4, 0.5) is 0 Å². The van der Waals surface area contributed by atoms with E-state index in [2.05, 4.69) is 6.92 Å². The van der Waals surface area contributed by atoms with Crippen LogP contribution in [-0.2, 0) is 22.7 Å². The fourth-order valence-corrected chi connectivity index (χ4v) is 6.98. The summed E-state index contributed by atoms with van der Waals surface area (Å²) in [5, 5.41) is 0. The third-order valence-corrected chi connectivity index (χ3v) is 10.4. The second-order valence-electron chi connectivity index (χ2n) is 14.2. The molecule has 50 heavy (non-hydrogen) atoms. The van der Waals surface area contributed by atoms with Gasteiger partial charge in [-0.15, -0.1) is 0 Å². The van der Waals surface area contributed by atoms with Crippen molar-refractivity contribution in [3.63, 3.8) is 0 Å². The van der Waals surface area contributed by atoms with Gasteiger partial charge in [0, 0.05) is 24.5 Å². The highest BCUT2D eigenvalue weighted by atomic mass is 16.5. The van der Waals surface area contributed by atoms with E-state index in [4.69, 9.17) is 15.2 Å². The monoisotopic (exact) mass is 671 g/mol. The van der Waals surface area contributed by atoms with E-state index in [0.29, 0.717) is 61.1 Å². The molecule has 2 aliphatic carbocycles. The molecule has 8 rings (SSSR count). The number of benzene rings is 4. The summed E-state index contributed by atoms with van der Waals surface area (Å²) >= 11 is 0. The molecule has 2 fully saturated rings. The molecule has 2 heterocycles. The van der Waals surface area contributed by atoms with Crippen molar-refractivity contribution in [3.8, 4) is 0 Å². The smallest absolute Gasteiger partial charge is 0.261 e. The molecule has 4 aliphatic rings. The lowest BCUT2D eigenvalue weighted by molar-refractivity contribution is 0.0592. The Morgan fingerprint density at radius 2 is 0.940 bits per heavy atom. The number of nitrogens with two attached hydrogens (primary N) is 1. The molecule has 4 amide bonds. The van der Waals surface area contributed by atoms with Crippen molar-refractivity contribution in [2.75, 3.05) is 26.3 Å². The van der Waals surface area contributed by atoms with Gasteiger partial charge in [-0.1, -0.05) is 91.9 Å². The van der Waals surface area contributed by atoms with Crippen molar-refractivity contribution in [2.24, 2.45) is 23.0 Å². The number of amides is 4. The first-order valence-electron chi connectivity index (χ1n) is 17.1. The molecule has 4 atom stereocenters. The van der Waals surface area contributed by atoms with Gasteiger partial charge in [0.15, 0.2) is 0 Å². The Kier molecular flexibility index (Phi) is 9.22. The van der Waals surface area contributed by atoms with Crippen LogP contribution in [-0.4, -0.2) is 65.3 Å². The van der Waals surface area contributed by atoms with Crippen molar-refractivity contribution >= 4 is 23.6 Å². The van der Waals surface area contributed by atoms with Gasteiger partial charge in [0.1, 0.15) is 0 Å². The normalized spacial score (nSPS) is 24.5. The minimum absolute atomic E-state index is 0.0376. The van der Waals surface area contributed by atoms with Gasteiger partial charge in [-0.25, -0.2) is 0 Å². The molecular formula is C41H41N3O6. The maximum Gasteiger partial charge on any atom is 0.261 e. The van der Waals surface area contributed by atoms with E-state index in [1.165, 1.54) is 9.80 Å². The Labute approximate surface area is 292 Å². The lowest BCUT2D eigenvalue weighted by atomic mass is 10.1. The maximum absolute atomic E-state index is 12.5. The average Bonchev–Trinajstić information content (AvgIpc) is 3.95. The fourth-order valence-electron chi connectivity index (χ4n) is 6.98. The van der Waals surface area contributed by atoms with Gasteiger partial charge in [0.05, 0.1) is 48.7 Å². The Bertz CT molecular complexity index is 1710. The standard InChI is InChI=1S/C21H21NO3.C20H20N2O3/c1-21(11-16(21)13-25-12-15-7-3-2-4-8-15)14-22-19(23)17-9-5-6-10-18(17)20(22)24;21-20(10-15(20)12-25-11-14-6-2-1-3-7-14)13-22-18(23)16-8-4-5-9-17(16)19(22)24/h2-10,16H,11-14H2,1H3;1-9,15H,10-13,21H2/t16-,21+;15-,20-/m11/s1. The number of fused-ring (bicyclic) bond motifs is 2. The zero-order valence-corrected chi connectivity index (χ0v) is 28.1. The number of ether oxygens (including phenoxy) is 2. The van der Waals surface area contributed by atoms with Gasteiger partial charge >= 0.3 is 0 Å². The van der Waals surface area contributed by atoms with Crippen molar-refractivity contribution < 1.29 is 28.7 Å². The summed E-state index contributed by atoms with van der Waals surface area (Å²) in [6.07, 6.45) is 1.74. The first-order valence-corrected chi connectivity index (χ1v) is 17.1. The van der Waals surface area contributed by atoms with Gasteiger partial charge in [0.2, 0.25) is 0 Å². The minimum Gasteiger partial charge on any atom is -0.376 e. The van der Waals surface area contributed by atoms with E-state index in [-0.39, 0.29) is 41.5 Å². The van der Waals surface area contributed by atoms with E-state index in [9.17, 15) is 19.2 Å². The zero-order chi connectivity index (χ0) is 34.9. The highest BCUT2D eigenvalue weighted by Gasteiger charge is 2.55. The molecule has 0 unspecified atom stereocenters. The van der Waals surface area contributed by atoms with Crippen molar-refractivity contribution in [1.82, 2.24) is 9.80 Å². The number of rotatable bonds is 12.